The highest BCUT2D eigenvalue weighted by atomic mass is 19.1. The maximum absolute atomic E-state index is 15.2. The first-order valence-electron chi connectivity index (χ1n) is 28.7. The van der Waals surface area contributed by atoms with Crippen molar-refractivity contribution in [2.75, 3.05) is 65.7 Å². The SMILES string of the molecule is CC(C)COc1ccc(C(OC(=O)C(O)C(O)C(=O)OC(C(=O)N(Cc2ccc(F)cc2)C2CCN(CC[C@@H](O)CCO)CC2)c2ccc(OCC(C)C)cc2)C(=O)N(Cc2ccc(F)cc2)C2CCN(CC[C@@H](O)CCO)CC2)cc1. The minimum atomic E-state index is -2.65. The topological polar surface area (TPSA) is 240 Å². The summed E-state index contributed by atoms with van der Waals surface area (Å²) in [6.45, 7) is 11.6. The van der Waals surface area contributed by atoms with Crippen molar-refractivity contribution in [2.45, 2.75) is 141 Å². The number of likely N-dealkylation sites (tertiary alicyclic amines) is 2. The molecule has 18 nitrogen and oxygen atoms in total. The van der Waals surface area contributed by atoms with Crippen molar-refractivity contribution in [3.63, 3.8) is 0 Å². The Labute approximate surface area is 480 Å². The van der Waals surface area contributed by atoms with Gasteiger partial charge in [-0.25, -0.2) is 18.4 Å². The second-order valence-electron chi connectivity index (χ2n) is 22.3. The summed E-state index contributed by atoms with van der Waals surface area (Å²) in [7, 11) is 0. The molecule has 0 aliphatic carbocycles. The highest BCUT2D eigenvalue weighted by Crippen LogP contribution is 2.32. The van der Waals surface area contributed by atoms with E-state index in [2.05, 4.69) is 9.80 Å². The van der Waals surface area contributed by atoms with Crippen LogP contribution in [0.25, 0.3) is 0 Å². The van der Waals surface area contributed by atoms with Crippen LogP contribution in [0.2, 0.25) is 0 Å². The highest BCUT2D eigenvalue weighted by molar-refractivity contribution is 5.91. The number of ether oxygens (including phenoxy) is 4. The van der Waals surface area contributed by atoms with Gasteiger partial charge in [0.1, 0.15) is 23.1 Å². The fraction of sp³-hybridized carbons (Fsp3) is 0.548. The number of carbonyl (C=O) groups is 4. The fourth-order valence-electron chi connectivity index (χ4n) is 9.96. The fourth-order valence-corrected chi connectivity index (χ4v) is 9.96. The molecular formula is C62H84F2N4O14. The monoisotopic (exact) mass is 1150 g/mol. The predicted molar refractivity (Wildman–Crippen MR) is 301 cm³/mol. The first-order valence-corrected chi connectivity index (χ1v) is 28.7. The number of aliphatic hydroxyl groups excluding tert-OH is 6. The number of nitrogens with zero attached hydrogens (tertiary/aromatic N) is 4. The Morgan fingerprint density at radius 2 is 0.841 bits per heavy atom. The number of rotatable bonds is 31. The third-order valence-corrected chi connectivity index (χ3v) is 14.8. The van der Waals surface area contributed by atoms with E-state index >= 15 is 9.59 Å². The molecule has 450 valence electrons. The lowest BCUT2D eigenvalue weighted by Crippen LogP contribution is -2.50. The van der Waals surface area contributed by atoms with Crippen molar-refractivity contribution in [2.24, 2.45) is 11.8 Å². The third-order valence-electron chi connectivity index (χ3n) is 14.8. The van der Waals surface area contributed by atoms with Gasteiger partial charge in [0.25, 0.3) is 11.8 Å². The number of hydrogen-bond acceptors (Lipinski definition) is 16. The van der Waals surface area contributed by atoms with Crippen molar-refractivity contribution < 1.29 is 77.5 Å². The van der Waals surface area contributed by atoms with Crippen molar-refractivity contribution in [3.05, 3.63) is 131 Å². The Bertz CT molecular complexity index is 2390. The van der Waals surface area contributed by atoms with E-state index in [1.165, 1.54) is 82.6 Å². The van der Waals surface area contributed by atoms with Crippen molar-refractivity contribution in [1.29, 1.82) is 0 Å². The van der Waals surface area contributed by atoms with Crippen LogP contribution in [-0.4, -0.2) is 176 Å². The van der Waals surface area contributed by atoms with E-state index < -0.39 is 84.1 Å². The quantitative estimate of drug-likeness (QED) is 0.0323. The molecule has 4 aromatic carbocycles. The van der Waals surface area contributed by atoms with Gasteiger partial charge < -0.3 is 69.2 Å². The molecule has 6 rings (SSSR count). The van der Waals surface area contributed by atoms with Crippen LogP contribution < -0.4 is 9.47 Å². The Morgan fingerprint density at radius 3 is 1.15 bits per heavy atom. The molecule has 82 heavy (non-hydrogen) atoms. The van der Waals surface area contributed by atoms with E-state index in [1.807, 2.05) is 27.7 Å². The summed E-state index contributed by atoms with van der Waals surface area (Å²) in [5, 5.41) is 62.3. The average molecular weight is 1150 g/mol. The largest absolute Gasteiger partial charge is 0.493 e. The lowest BCUT2D eigenvalue weighted by Gasteiger charge is -2.40. The summed E-state index contributed by atoms with van der Waals surface area (Å²) in [6, 6.07) is 22.8. The molecule has 0 bridgehead atoms. The number of amides is 2. The van der Waals surface area contributed by atoms with Crippen LogP contribution in [0, 0.1) is 23.5 Å². The zero-order valence-corrected chi connectivity index (χ0v) is 47.6. The van der Waals surface area contributed by atoms with Gasteiger partial charge in [0.2, 0.25) is 12.2 Å². The van der Waals surface area contributed by atoms with Crippen LogP contribution in [0.1, 0.15) is 114 Å². The maximum atomic E-state index is 15.2. The molecule has 4 unspecified atom stereocenters. The lowest BCUT2D eigenvalue weighted by molar-refractivity contribution is -0.184. The van der Waals surface area contributed by atoms with Crippen LogP contribution in [0.5, 0.6) is 11.5 Å². The molecule has 4 aromatic rings. The molecule has 6 N–H and O–H groups in total. The maximum Gasteiger partial charge on any atom is 0.339 e. The predicted octanol–water partition coefficient (Wildman–Crippen LogP) is 5.88. The number of aliphatic hydroxyl groups is 6. The first kappa shape index (κ1) is 65.1. The van der Waals surface area contributed by atoms with Crippen LogP contribution in [0.4, 0.5) is 8.78 Å². The number of hydrogen-bond donors (Lipinski definition) is 6. The van der Waals surface area contributed by atoms with E-state index in [4.69, 9.17) is 18.9 Å². The third kappa shape index (κ3) is 20.1. The second-order valence-corrected chi connectivity index (χ2v) is 22.3. The summed E-state index contributed by atoms with van der Waals surface area (Å²) in [5.41, 5.74) is 1.47. The standard InChI is InChI=1S/C62H84F2N4O14/c1-41(2)39-79-53-17-9-45(10-18-53)57(59(75)67(37-43-5-13-47(63)14-6-43)49-21-29-65(30-22-49)33-25-51(71)27-35-69)81-61(77)55(73)56(74)62(78)82-58(46-11-19-54(20-12-46)80-40-42(3)4)60(76)68(38-44-7-15-48(64)16-8-44)50-23-31-66(32-24-50)34-26-52(72)28-36-70/h5-20,41-42,49-52,55-58,69-74H,21-40H2,1-4H3/t51-,52-,55?,56?,57?,58?/m1/s1. The molecule has 2 aliphatic heterocycles. The number of carbonyl (C=O) groups excluding carboxylic acids is 4. The van der Waals surface area contributed by atoms with Crippen LogP contribution in [0.15, 0.2) is 97.1 Å². The number of piperidine rings is 2. The summed E-state index contributed by atoms with van der Waals surface area (Å²) in [5.74, 6) is -4.24. The average Bonchev–Trinajstić information content (AvgIpc) is 3.62. The zero-order valence-electron chi connectivity index (χ0n) is 47.6. The number of benzene rings is 4. The van der Waals surface area contributed by atoms with Crippen LogP contribution in [-0.2, 0) is 41.7 Å². The van der Waals surface area contributed by atoms with Crippen molar-refractivity contribution in [3.8, 4) is 11.5 Å². The van der Waals surface area contributed by atoms with Gasteiger partial charge in [-0.1, -0.05) is 76.2 Å². The van der Waals surface area contributed by atoms with Gasteiger partial charge >= 0.3 is 11.9 Å². The molecule has 0 saturated carbocycles. The van der Waals surface area contributed by atoms with E-state index in [0.717, 1.165) is 0 Å². The summed E-state index contributed by atoms with van der Waals surface area (Å²) in [6.07, 6.45) is -6.95. The molecular weight excluding hydrogens is 1060 g/mol. The highest BCUT2D eigenvalue weighted by Gasteiger charge is 2.42. The van der Waals surface area contributed by atoms with Gasteiger partial charge in [-0.15, -0.1) is 0 Å². The normalized spacial score (nSPS) is 16.9. The van der Waals surface area contributed by atoms with E-state index in [0.29, 0.717) is 114 Å². The molecule has 0 radical (unpaired) electrons. The first-order chi connectivity index (χ1) is 39.3. The molecule has 2 aliphatic rings. The summed E-state index contributed by atoms with van der Waals surface area (Å²) < 4.78 is 52.0. The molecule has 2 amide bonds. The molecule has 0 aromatic heterocycles. The van der Waals surface area contributed by atoms with Gasteiger partial charge in [0, 0.05) is 88.8 Å². The Balaban J connectivity index is 1.28. The van der Waals surface area contributed by atoms with Gasteiger partial charge in [0.15, 0.2) is 12.2 Å². The number of esters is 2. The smallest absolute Gasteiger partial charge is 0.339 e. The van der Waals surface area contributed by atoms with Crippen LogP contribution in [0.3, 0.4) is 0 Å². The lowest BCUT2D eigenvalue weighted by atomic mass is 9.99. The second kappa shape index (κ2) is 32.7. The Kier molecular flexibility index (Phi) is 25.9. The molecule has 6 atom stereocenters. The summed E-state index contributed by atoms with van der Waals surface area (Å²) >= 11 is 0. The molecule has 2 saturated heterocycles. The Hall–Kier alpha value is -6.10. The Morgan fingerprint density at radius 1 is 0.512 bits per heavy atom. The van der Waals surface area contributed by atoms with E-state index in [9.17, 15) is 49.0 Å². The van der Waals surface area contributed by atoms with Crippen molar-refractivity contribution in [1.82, 2.24) is 19.6 Å². The molecule has 20 heteroatoms. The van der Waals surface area contributed by atoms with Gasteiger partial charge in [0.05, 0.1) is 25.4 Å². The molecule has 0 spiro atoms. The minimum Gasteiger partial charge on any atom is -0.493 e. The minimum absolute atomic E-state index is 0.0345. The van der Waals surface area contributed by atoms with Crippen molar-refractivity contribution >= 4 is 23.8 Å². The number of halogens is 2. The summed E-state index contributed by atoms with van der Waals surface area (Å²) in [4.78, 5) is 66.3. The van der Waals surface area contributed by atoms with Crippen LogP contribution >= 0.6 is 0 Å². The molecule has 2 heterocycles. The zero-order chi connectivity index (χ0) is 59.3. The van der Waals surface area contributed by atoms with E-state index in [1.54, 1.807) is 24.3 Å². The molecule has 2 fully saturated rings. The van der Waals surface area contributed by atoms with E-state index in [-0.39, 0.29) is 62.1 Å². The van der Waals surface area contributed by atoms with Gasteiger partial charge in [-0.05, 0) is 123 Å². The van der Waals surface area contributed by atoms with Gasteiger partial charge in [-0.2, -0.15) is 0 Å². The van der Waals surface area contributed by atoms with Gasteiger partial charge in [-0.3, -0.25) is 9.59 Å².